The molecular formula is C14H26O8. The molecule has 0 bridgehead atoms. The highest BCUT2D eigenvalue weighted by Crippen LogP contribution is 2.06. The van der Waals surface area contributed by atoms with Gasteiger partial charge in [0.2, 0.25) is 12.6 Å². The lowest BCUT2D eigenvalue weighted by Gasteiger charge is -2.15. The van der Waals surface area contributed by atoms with Gasteiger partial charge >= 0.3 is 11.9 Å². The number of carbonyl (C=O) groups is 2. The van der Waals surface area contributed by atoms with E-state index in [0.717, 1.165) is 0 Å². The van der Waals surface area contributed by atoms with Gasteiger partial charge in [0.05, 0.1) is 0 Å². The minimum absolute atomic E-state index is 0.173. The van der Waals surface area contributed by atoms with Crippen LogP contribution in [0.25, 0.3) is 0 Å². The van der Waals surface area contributed by atoms with Gasteiger partial charge in [0.15, 0.2) is 0 Å². The molecular weight excluding hydrogens is 296 g/mol. The Morgan fingerprint density at radius 2 is 1.09 bits per heavy atom. The van der Waals surface area contributed by atoms with Crippen LogP contribution in [-0.2, 0) is 38.0 Å². The summed E-state index contributed by atoms with van der Waals surface area (Å²) in [6.07, 6.45) is 0.00188. The summed E-state index contributed by atoms with van der Waals surface area (Å²) in [6, 6.07) is 0. The van der Waals surface area contributed by atoms with Crippen molar-refractivity contribution >= 4 is 11.9 Å². The number of carbonyl (C=O) groups excluding carboxylic acids is 2. The number of rotatable bonds is 13. The lowest BCUT2D eigenvalue weighted by Crippen LogP contribution is -2.25. The first kappa shape index (κ1) is 20.8. The van der Waals surface area contributed by atoms with Gasteiger partial charge in [-0.15, -0.1) is 0 Å². The second kappa shape index (κ2) is 13.4. The van der Waals surface area contributed by atoms with Gasteiger partial charge in [-0.05, 0) is 12.8 Å². The molecule has 8 heteroatoms. The van der Waals surface area contributed by atoms with Crippen molar-refractivity contribution in [2.24, 2.45) is 0 Å². The van der Waals surface area contributed by atoms with Crippen LogP contribution < -0.4 is 0 Å². The number of esters is 2. The van der Waals surface area contributed by atoms with E-state index >= 15 is 0 Å². The van der Waals surface area contributed by atoms with Gasteiger partial charge in [0, 0.05) is 41.3 Å². The second-order valence-corrected chi connectivity index (χ2v) is 4.43. The first-order valence-corrected chi connectivity index (χ1v) is 6.99. The minimum Gasteiger partial charge on any atom is -0.433 e. The Kier molecular flexibility index (Phi) is 12.7. The van der Waals surface area contributed by atoms with E-state index in [4.69, 9.17) is 28.4 Å². The zero-order valence-corrected chi connectivity index (χ0v) is 13.7. The topological polar surface area (TPSA) is 89.5 Å². The molecule has 0 fully saturated rings. The van der Waals surface area contributed by atoms with Crippen LogP contribution in [0.1, 0.15) is 25.7 Å². The quantitative estimate of drug-likeness (QED) is 0.280. The summed E-state index contributed by atoms with van der Waals surface area (Å²) in [6.45, 7) is 0.346. The van der Waals surface area contributed by atoms with Crippen molar-refractivity contribution in [1.82, 2.24) is 0 Å². The third-order valence-corrected chi connectivity index (χ3v) is 2.67. The van der Waals surface area contributed by atoms with Crippen molar-refractivity contribution in [2.75, 3.05) is 41.7 Å². The monoisotopic (exact) mass is 322 g/mol. The fourth-order valence-corrected chi connectivity index (χ4v) is 1.52. The van der Waals surface area contributed by atoms with Crippen molar-refractivity contribution in [2.45, 2.75) is 38.3 Å². The third-order valence-electron chi connectivity index (χ3n) is 2.67. The molecule has 0 saturated heterocycles. The Morgan fingerprint density at radius 1 is 0.727 bits per heavy atom. The summed E-state index contributed by atoms with van der Waals surface area (Å²) >= 11 is 0. The van der Waals surface area contributed by atoms with Crippen LogP contribution in [0.4, 0.5) is 0 Å². The van der Waals surface area contributed by atoms with Gasteiger partial charge in [0.25, 0.3) is 0 Å². The highest BCUT2D eigenvalue weighted by molar-refractivity contribution is 5.70. The Labute approximate surface area is 130 Å². The van der Waals surface area contributed by atoms with Crippen LogP contribution >= 0.6 is 0 Å². The average molecular weight is 322 g/mol. The molecule has 0 rings (SSSR count). The molecule has 0 saturated carbocycles. The fourth-order valence-electron chi connectivity index (χ4n) is 1.52. The summed E-state index contributed by atoms with van der Waals surface area (Å²) in [5.74, 6) is -0.794. The molecule has 0 heterocycles. The molecule has 22 heavy (non-hydrogen) atoms. The molecule has 0 aromatic rings. The van der Waals surface area contributed by atoms with Gasteiger partial charge in [0.1, 0.15) is 13.2 Å². The molecule has 0 aromatic carbocycles. The Hall–Kier alpha value is -1.22. The highest BCUT2D eigenvalue weighted by Gasteiger charge is 2.15. The van der Waals surface area contributed by atoms with Gasteiger partial charge in [-0.2, -0.15) is 0 Å². The zero-order valence-electron chi connectivity index (χ0n) is 13.7. The summed E-state index contributed by atoms with van der Waals surface area (Å²) in [4.78, 5) is 23.1. The van der Waals surface area contributed by atoms with Crippen LogP contribution in [0, 0.1) is 0 Å². The standard InChI is InChI=1S/C14H26O8/c1-17-9-13(19-3)21-11(15)7-5-6-8-12(16)22-14(20-4)10-18-2/h13-14H,5-10H2,1-4H3. The van der Waals surface area contributed by atoms with E-state index in [2.05, 4.69) is 0 Å². The average Bonchev–Trinajstić information content (AvgIpc) is 2.50. The molecule has 0 aliphatic rings. The van der Waals surface area contributed by atoms with Gasteiger partial charge in [-0.1, -0.05) is 0 Å². The predicted molar refractivity (Wildman–Crippen MR) is 76.0 cm³/mol. The largest absolute Gasteiger partial charge is 0.433 e. The first-order valence-electron chi connectivity index (χ1n) is 6.99. The normalized spacial score (nSPS) is 13.5. The Morgan fingerprint density at radius 3 is 1.36 bits per heavy atom. The maximum atomic E-state index is 11.5. The van der Waals surface area contributed by atoms with Gasteiger partial charge in [-0.3, -0.25) is 9.59 Å². The molecule has 2 unspecified atom stereocenters. The van der Waals surface area contributed by atoms with E-state index < -0.39 is 24.5 Å². The SMILES string of the molecule is COCC(OC)OC(=O)CCCCC(=O)OC(COC)OC. The number of methoxy groups -OCH3 is 4. The van der Waals surface area contributed by atoms with Crippen LogP contribution in [-0.4, -0.2) is 66.2 Å². The predicted octanol–water partition coefficient (Wildman–Crippen LogP) is 0.871. The van der Waals surface area contributed by atoms with Crippen molar-refractivity contribution in [3.05, 3.63) is 0 Å². The summed E-state index contributed by atoms with van der Waals surface area (Å²) < 4.78 is 29.5. The van der Waals surface area contributed by atoms with E-state index in [1.807, 2.05) is 0 Å². The number of unbranched alkanes of at least 4 members (excludes halogenated alkanes) is 1. The Bertz CT molecular complexity index is 277. The molecule has 130 valence electrons. The van der Waals surface area contributed by atoms with E-state index in [1.54, 1.807) is 0 Å². The fraction of sp³-hybridized carbons (Fsp3) is 0.857. The number of hydrogen-bond acceptors (Lipinski definition) is 8. The molecule has 0 amide bonds. The minimum atomic E-state index is -0.709. The van der Waals surface area contributed by atoms with Gasteiger partial charge in [-0.25, -0.2) is 0 Å². The molecule has 0 aromatic heterocycles. The smallest absolute Gasteiger partial charge is 0.308 e. The van der Waals surface area contributed by atoms with Crippen LogP contribution in [0.2, 0.25) is 0 Å². The van der Waals surface area contributed by atoms with Crippen LogP contribution in [0.5, 0.6) is 0 Å². The van der Waals surface area contributed by atoms with Crippen molar-refractivity contribution in [3.8, 4) is 0 Å². The van der Waals surface area contributed by atoms with Crippen molar-refractivity contribution < 1.29 is 38.0 Å². The first-order chi connectivity index (χ1) is 10.6. The van der Waals surface area contributed by atoms with Gasteiger partial charge < -0.3 is 28.4 Å². The molecule has 8 nitrogen and oxygen atoms in total. The van der Waals surface area contributed by atoms with Crippen LogP contribution in [0.3, 0.4) is 0 Å². The lowest BCUT2D eigenvalue weighted by molar-refractivity contribution is -0.184. The maximum Gasteiger partial charge on any atom is 0.308 e. The van der Waals surface area contributed by atoms with E-state index in [9.17, 15) is 9.59 Å². The Balaban J connectivity index is 3.78. The van der Waals surface area contributed by atoms with Crippen molar-refractivity contribution in [1.29, 1.82) is 0 Å². The maximum absolute atomic E-state index is 11.5. The molecule has 0 aliphatic carbocycles. The van der Waals surface area contributed by atoms with E-state index in [1.165, 1.54) is 28.4 Å². The second-order valence-electron chi connectivity index (χ2n) is 4.43. The summed E-state index contributed by atoms with van der Waals surface area (Å²) in [5.41, 5.74) is 0. The third kappa shape index (κ3) is 10.5. The van der Waals surface area contributed by atoms with Crippen molar-refractivity contribution in [3.63, 3.8) is 0 Å². The summed E-state index contributed by atoms with van der Waals surface area (Å²) in [7, 11) is 5.84. The highest BCUT2D eigenvalue weighted by atomic mass is 16.7. The van der Waals surface area contributed by atoms with E-state index in [0.29, 0.717) is 12.8 Å². The summed E-state index contributed by atoms with van der Waals surface area (Å²) in [5, 5.41) is 0. The molecule has 0 radical (unpaired) electrons. The molecule has 0 aliphatic heterocycles. The zero-order chi connectivity index (χ0) is 16.8. The molecule has 0 spiro atoms. The number of hydrogen-bond donors (Lipinski definition) is 0. The molecule has 0 N–H and O–H groups in total. The molecule has 2 atom stereocenters. The lowest BCUT2D eigenvalue weighted by atomic mass is 10.2. The van der Waals surface area contributed by atoms with E-state index in [-0.39, 0.29) is 26.1 Å². The number of ether oxygens (including phenoxy) is 6. The van der Waals surface area contributed by atoms with Crippen LogP contribution in [0.15, 0.2) is 0 Å².